The minimum absolute atomic E-state index is 0.0550. The Morgan fingerprint density at radius 1 is 1.44 bits per heavy atom. The van der Waals surface area contributed by atoms with E-state index in [0.29, 0.717) is 0 Å². The van der Waals surface area contributed by atoms with Gasteiger partial charge in [0, 0.05) is 19.5 Å². The van der Waals surface area contributed by atoms with Gasteiger partial charge in [0.15, 0.2) is 17.2 Å². The van der Waals surface area contributed by atoms with Crippen molar-refractivity contribution >= 4 is 11.6 Å². The highest BCUT2D eigenvalue weighted by Crippen LogP contribution is 2.69. The zero-order chi connectivity index (χ0) is 24.3. The van der Waals surface area contributed by atoms with Crippen LogP contribution in [0.1, 0.15) is 52.8 Å². The number of aliphatic hydroxyl groups excluding tert-OH is 1. The number of Topliss-reactive ketones (excluding diaryl/α,β-unsaturated/α-hetero) is 1. The monoisotopic (exact) mass is 383 g/mol. The molecule has 148 valence electrons. The number of fused-ring (bicyclic) bond motifs is 5. The molecule has 0 unspecified atom stereocenters. The summed E-state index contributed by atoms with van der Waals surface area (Å²) >= 11 is 0. The predicted molar refractivity (Wildman–Crippen MR) is 95.4 cm³/mol. The lowest BCUT2D eigenvalue weighted by Crippen LogP contribution is -2.69. The molecule has 0 aromatic heterocycles. The van der Waals surface area contributed by atoms with Gasteiger partial charge in [-0.05, 0) is 57.0 Å². The summed E-state index contributed by atoms with van der Waals surface area (Å²) in [6, 6.07) is -0.636. The molecule has 4 aliphatic carbocycles. The van der Waals surface area contributed by atoms with Crippen molar-refractivity contribution in [2.45, 2.75) is 63.3 Å². The smallest absolute Gasteiger partial charge is 0.190 e. The van der Waals surface area contributed by atoms with E-state index in [-0.39, 0.29) is 18.4 Å². The molecule has 0 heterocycles. The second-order valence-electron chi connectivity index (χ2n) is 8.74. The standard InChI is InChI=1S/C21H27FO5/c1-18-7-5-13(24)9-12(18)3-4-15-14-6-8-20(27,17(26)11-23)19(14,2)10-16(25)21(15,18)22/h5,7,9,14-16,23,25,27H,3-4,6,8,10-11H2,1-2H3/t14-,15-,16-,18-,19-,20-,21-/m0/s1/i3D2,9D,11D2. The fourth-order valence-electron chi connectivity index (χ4n) is 6.20. The lowest BCUT2D eigenvalue weighted by molar-refractivity contribution is -0.217. The molecule has 0 radical (unpaired) electrons. The first-order chi connectivity index (χ1) is 14.4. The molecule has 0 aromatic rings. The third-order valence-electron chi connectivity index (χ3n) is 7.82. The van der Waals surface area contributed by atoms with Crippen LogP contribution in [0.5, 0.6) is 0 Å². The summed E-state index contributed by atoms with van der Waals surface area (Å²) < 4.78 is 57.2. The van der Waals surface area contributed by atoms with Crippen LogP contribution in [0.15, 0.2) is 23.8 Å². The summed E-state index contributed by atoms with van der Waals surface area (Å²) in [7, 11) is 0. The van der Waals surface area contributed by atoms with Gasteiger partial charge in [0.05, 0.1) is 10.2 Å². The van der Waals surface area contributed by atoms with Crippen molar-refractivity contribution < 1.29 is 36.2 Å². The topological polar surface area (TPSA) is 94.8 Å². The van der Waals surface area contributed by atoms with Crippen LogP contribution in [0.4, 0.5) is 4.39 Å². The van der Waals surface area contributed by atoms with Crippen molar-refractivity contribution in [1.82, 2.24) is 0 Å². The van der Waals surface area contributed by atoms with Crippen molar-refractivity contribution in [1.29, 1.82) is 0 Å². The van der Waals surface area contributed by atoms with Gasteiger partial charge in [-0.2, -0.15) is 0 Å². The van der Waals surface area contributed by atoms with Crippen LogP contribution < -0.4 is 0 Å². The van der Waals surface area contributed by atoms with E-state index >= 15 is 4.39 Å². The number of rotatable bonds is 2. The molecule has 0 aromatic carbocycles. The first-order valence-corrected chi connectivity index (χ1v) is 9.20. The first kappa shape index (κ1) is 13.7. The molecule has 4 aliphatic rings. The summed E-state index contributed by atoms with van der Waals surface area (Å²) in [6.45, 7) is -0.539. The fourth-order valence-corrected chi connectivity index (χ4v) is 6.20. The molecule has 7 atom stereocenters. The van der Waals surface area contributed by atoms with Crippen LogP contribution in [0.2, 0.25) is 0 Å². The number of hydrogen-bond acceptors (Lipinski definition) is 5. The maximum absolute atomic E-state index is 17.1. The van der Waals surface area contributed by atoms with Crippen molar-refractivity contribution in [3.63, 3.8) is 0 Å². The second-order valence-corrected chi connectivity index (χ2v) is 8.74. The van der Waals surface area contributed by atoms with Crippen LogP contribution >= 0.6 is 0 Å². The number of carbonyl (C=O) groups is 2. The molecule has 3 fully saturated rings. The highest BCUT2D eigenvalue weighted by molar-refractivity contribution is 6.01. The second kappa shape index (κ2) is 5.58. The Bertz CT molecular complexity index is 976. The molecule has 6 heteroatoms. The number of halogens is 1. The first-order valence-electron chi connectivity index (χ1n) is 11.7. The Balaban J connectivity index is 1.89. The predicted octanol–water partition coefficient (Wildman–Crippen LogP) is 1.65. The van der Waals surface area contributed by atoms with Gasteiger partial charge in [0.25, 0.3) is 0 Å². The number of aliphatic hydroxyl groups is 3. The largest absolute Gasteiger partial charge is 0.390 e. The molecule has 0 spiro atoms. The zero-order valence-electron chi connectivity index (χ0n) is 20.3. The van der Waals surface area contributed by atoms with E-state index < -0.39 is 83.4 Å². The Morgan fingerprint density at radius 3 is 2.81 bits per heavy atom. The Kier molecular flexibility index (Phi) is 2.84. The third-order valence-corrected chi connectivity index (χ3v) is 7.82. The van der Waals surface area contributed by atoms with Crippen LogP contribution in [-0.4, -0.2) is 50.8 Å². The van der Waals surface area contributed by atoms with Crippen molar-refractivity contribution in [2.24, 2.45) is 22.7 Å². The fraction of sp³-hybridized carbons (Fsp3) is 0.714. The van der Waals surface area contributed by atoms with E-state index in [0.717, 1.165) is 6.08 Å². The van der Waals surface area contributed by atoms with E-state index in [4.69, 9.17) is 6.85 Å². The zero-order valence-corrected chi connectivity index (χ0v) is 15.3. The van der Waals surface area contributed by atoms with Crippen LogP contribution in [0.3, 0.4) is 0 Å². The highest BCUT2D eigenvalue weighted by atomic mass is 19.1. The molecule has 5 nitrogen and oxygen atoms in total. The normalized spacial score (nSPS) is 56.7. The van der Waals surface area contributed by atoms with Gasteiger partial charge in [0.2, 0.25) is 0 Å². The van der Waals surface area contributed by atoms with E-state index in [2.05, 4.69) is 0 Å². The van der Waals surface area contributed by atoms with Gasteiger partial charge in [-0.1, -0.05) is 18.6 Å². The lowest BCUT2D eigenvalue weighted by atomic mass is 9.44. The summed E-state index contributed by atoms with van der Waals surface area (Å²) in [4.78, 5) is 24.8. The van der Waals surface area contributed by atoms with Gasteiger partial charge in [-0.15, -0.1) is 0 Å². The Hall–Kier alpha value is -1.37. The van der Waals surface area contributed by atoms with Gasteiger partial charge >= 0.3 is 0 Å². The van der Waals surface area contributed by atoms with Crippen LogP contribution in [0.25, 0.3) is 0 Å². The summed E-state index contributed by atoms with van der Waals surface area (Å²) in [5.74, 6) is -4.22. The molecule has 0 aliphatic heterocycles. The van der Waals surface area contributed by atoms with Gasteiger partial charge in [-0.25, -0.2) is 4.39 Å². The van der Waals surface area contributed by atoms with Crippen molar-refractivity contribution in [3.05, 3.63) is 23.8 Å². The van der Waals surface area contributed by atoms with Crippen LogP contribution in [0, 0.1) is 22.7 Å². The lowest BCUT2D eigenvalue weighted by Gasteiger charge is -2.62. The SMILES string of the molecule is [2H]C1=C2C([2H])([2H])C[C@H]3[C@@H]4CC[C@](O)(C(=O)C([2H])([2H])O)[C@@]4(C)C[C@H](O)[C@]3(F)[C@@]2(C)C=CC1=O. The molecule has 0 amide bonds. The summed E-state index contributed by atoms with van der Waals surface area (Å²) in [6.07, 6.45) is -2.99. The Labute approximate surface area is 165 Å². The average molecular weight is 383 g/mol. The summed E-state index contributed by atoms with van der Waals surface area (Å²) in [5, 5.41) is 32.1. The molecule has 4 rings (SSSR count). The number of alkyl halides is 1. The number of ketones is 2. The minimum Gasteiger partial charge on any atom is -0.390 e. The molecule has 0 bridgehead atoms. The molecular weight excluding hydrogens is 351 g/mol. The molecule has 27 heavy (non-hydrogen) atoms. The summed E-state index contributed by atoms with van der Waals surface area (Å²) in [5.41, 5.74) is -8.52. The molecule has 3 N–H and O–H groups in total. The number of carbonyl (C=O) groups excluding carboxylic acids is 2. The highest BCUT2D eigenvalue weighted by Gasteiger charge is 2.73. The number of hydrogen-bond donors (Lipinski definition) is 3. The molecular formula is C21H27FO5. The van der Waals surface area contributed by atoms with E-state index in [1.54, 1.807) is 0 Å². The van der Waals surface area contributed by atoms with Gasteiger partial charge < -0.3 is 15.3 Å². The molecule has 3 saturated carbocycles. The van der Waals surface area contributed by atoms with Crippen molar-refractivity contribution in [3.8, 4) is 0 Å². The third kappa shape index (κ3) is 2.04. The van der Waals surface area contributed by atoms with Gasteiger partial charge in [-0.3, -0.25) is 9.59 Å². The average Bonchev–Trinajstić information content (AvgIpc) is 2.91. The van der Waals surface area contributed by atoms with Crippen LogP contribution in [-0.2, 0) is 9.59 Å². The Morgan fingerprint density at radius 2 is 2.15 bits per heavy atom. The van der Waals surface area contributed by atoms with E-state index in [1.165, 1.54) is 19.9 Å². The quantitative estimate of drug-likeness (QED) is 0.674. The maximum atomic E-state index is 17.1. The molecule has 0 saturated heterocycles. The minimum atomic E-state index is -3.34. The maximum Gasteiger partial charge on any atom is 0.190 e. The van der Waals surface area contributed by atoms with Crippen molar-refractivity contribution in [2.75, 3.05) is 6.56 Å². The van der Waals surface area contributed by atoms with Gasteiger partial charge in [0.1, 0.15) is 12.2 Å². The van der Waals surface area contributed by atoms with E-state index in [9.17, 15) is 24.9 Å². The number of allylic oxidation sites excluding steroid dienone is 4. The van der Waals surface area contributed by atoms with E-state index in [1.807, 2.05) is 0 Å².